The smallest absolute Gasteiger partial charge is 0.410 e. The average molecular weight is 312 g/mol. The van der Waals surface area contributed by atoms with E-state index in [-0.39, 0.29) is 6.09 Å². The van der Waals surface area contributed by atoms with E-state index in [1.165, 1.54) is 0 Å². The third kappa shape index (κ3) is 7.00. The van der Waals surface area contributed by atoms with Crippen molar-refractivity contribution in [2.24, 2.45) is 4.99 Å². The van der Waals surface area contributed by atoms with Gasteiger partial charge in [-0.2, -0.15) is 0 Å². The van der Waals surface area contributed by atoms with Crippen molar-refractivity contribution in [2.45, 2.75) is 71.6 Å². The maximum atomic E-state index is 12.2. The molecule has 0 spiro atoms. The summed E-state index contributed by atoms with van der Waals surface area (Å²) in [4.78, 5) is 18.3. The fraction of sp³-hybridized carbons (Fsp3) is 0.875. The number of carbonyl (C=O) groups is 1. The number of rotatable bonds is 6. The summed E-state index contributed by atoms with van der Waals surface area (Å²) in [5.41, 5.74) is -0.453. The summed E-state index contributed by atoms with van der Waals surface area (Å²) >= 11 is 0. The molecule has 22 heavy (non-hydrogen) atoms. The van der Waals surface area contributed by atoms with Gasteiger partial charge in [-0.15, -0.1) is 0 Å². The van der Waals surface area contributed by atoms with E-state index in [9.17, 15) is 4.79 Å². The molecule has 1 rings (SSSR count). The van der Waals surface area contributed by atoms with Crippen molar-refractivity contribution in [2.75, 3.05) is 20.1 Å². The van der Waals surface area contributed by atoms with Crippen LogP contribution in [0.4, 0.5) is 4.79 Å². The molecular weight excluding hydrogens is 280 g/mol. The maximum absolute atomic E-state index is 12.2. The lowest BCUT2D eigenvalue weighted by Crippen LogP contribution is -2.46. The van der Waals surface area contributed by atoms with Gasteiger partial charge in [-0.3, -0.25) is 4.99 Å². The third-order valence-electron chi connectivity index (χ3n) is 3.48. The highest BCUT2D eigenvalue weighted by Gasteiger charge is 2.34. The molecule has 0 aromatic carbocycles. The molecule has 2 N–H and O–H groups in total. The molecule has 0 aromatic heterocycles. The first kappa shape index (κ1) is 18.6. The SMILES string of the molecule is CCC(C)NC(=NC)NCCN(C(=O)OC(C)(C)C)C1CC1. The molecule has 1 fully saturated rings. The van der Waals surface area contributed by atoms with Crippen LogP contribution in [0.2, 0.25) is 0 Å². The zero-order valence-electron chi connectivity index (χ0n) is 14.9. The van der Waals surface area contributed by atoms with Gasteiger partial charge in [0.2, 0.25) is 0 Å². The number of aliphatic imine (C=N–C) groups is 1. The Balaban J connectivity index is 2.43. The van der Waals surface area contributed by atoms with Gasteiger partial charge in [0, 0.05) is 32.2 Å². The van der Waals surface area contributed by atoms with E-state index in [0.717, 1.165) is 25.2 Å². The molecule has 1 atom stereocenters. The first-order chi connectivity index (χ1) is 10.3. The molecule has 1 aliphatic rings. The first-order valence-electron chi connectivity index (χ1n) is 8.23. The van der Waals surface area contributed by atoms with Gasteiger partial charge in [0.05, 0.1) is 0 Å². The Morgan fingerprint density at radius 2 is 2.05 bits per heavy atom. The molecule has 0 saturated heterocycles. The summed E-state index contributed by atoms with van der Waals surface area (Å²) < 4.78 is 5.48. The van der Waals surface area contributed by atoms with Gasteiger partial charge in [0.1, 0.15) is 5.60 Å². The number of amides is 1. The molecule has 0 bridgehead atoms. The average Bonchev–Trinajstić information content (AvgIpc) is 3.24. The van der Waals surface area contributed by atoms with Crippen molar-refractivity contribution in [3.63, 3.8) is 0 Å². The fourth-order valence-electron chi connectivity index (χ4n) is 1.95. The minimum absolute atomic E-state index is 0.221. The van der Waals surface area contributed by atoms with Crippen molar-refractivity contribution in [3.8, 4) is 0 Å². The molecule has 0 heterocycles. The van der Waals surface area contributed by atoms with Crippen LogP contribution in [0.15, 0.2) is 4.99 Å². The summed E-state index contributed by atoms with van der Waals surface area (Å²) in [7, 11) is 1.75. The summed E-state index contributed by atoms with van der Waals surface area (Å²) in [6.07, 6.45) is 2.95. The van der Waals surface area contributed by atoms with Crippen molar-refractivity contribution < 1.29 is 9.53 Å². The number of nitrogens with zero attached hydrogens (tertiary/aromatic N) is 2. The highest BCUT2D eigenvalue weighted by Crippen LogP contribution is 2.27. The number of guanidine groups is 1. The number of hydrogen-bond donors (Lipinski definition) is 2. The van der Waals surface area contributed by atoms with Crippen LogP contribution in [0.5, 0.6) is 0 Å². The maximum Gasteiger partial charge on any atom is 0.410 e. The molecule has 0 aromatic rings. The molecule has 1 unspecified atom stereocenters. The van der Waals surface area contributed by atoms with Crippen LogP contribution in [0.3, 0.4) is 0 Å². The molecule has 6 nitrogen and oxygen atoms in total. The fourth-order valence-corrected chi connectivity index (χ4v) is 1.95. The summed E-state index contributed by atoms with van der Waals surface area (Å²) in [5, 5.41) is 6.56. The molecule has 0 radical (unpaired) electrons. The van der Waals surface area contributed by atoms with E-state index >= 15 is 0 Å². The predicted molar refractivity (Wildman–Crippen MR) is 90.2 cm³/mol. The standard InChI is InChI=1S/C16H32N4O2/c1-7-12(2)19-14(17-6)18-10-11-20(13-8-9-13)15(21)22-16(3,4)5/h12-13H,7-11H2,1-6H3,(H2,17,18,19). The van der Waals surface area contributed by atoms with E-state index < -0.39 is 5.60 Å². The van der Waals surface area contributed by atoms with Crippen LogP contribution in [0.25, 0.3) is 0 Å². The second-order valence-electron chi connectivity index (χ2n) is 6.86. The van der Waals surface area contributed by atoms with Crippen molar-refractivity contribution >= 4 is 12.1 Å². The second-order valence-corrected chi connectivity index (χ2v) is 6.86. The van der Waals surface area contributed by atoms with Crippen LogP contribution in [-0.4, -0.2) is 54.8 Å². The van der Waals surface area contributed by atoms with Gasteiger partial charge in [-0.25, -0.2) is 4.79 Å². The van der Waals surface area contributed by atoms with E-state index in [1.807, 2.05) is 25.7 Å². The lowest BCUT2D eigenvalue weighted by atomic mass is 10.2. The molecule has 128 valence electrons. The van der Waals surface area contributed by atoms with Crippen LogP contribution in [0.1, 0.15) is 53.9 Å². The molecule has 0 aliphatic heterocycles. The molecule has 1 saturated carbocycles. The van der Waals surface area contributed by atoms with Gasteiger partial charge in [0.15, 0.2) is 5.96 Å². The van der Waals surface area contributed by atoms with Gasteiger partial charge in [0.25, 0.3) is 0 Å². The number of hydrogen-bond acceptors (Lipinski definition) is 3. The Labute approximate surface area is 134 Å². The number of nitrogens with one attached hydrogen (secondary N) is 2. The normalized spacial score (nSPS) is 16.9. The van der Waals surface area contributed by atoms with Crippen LogP contribution in [-0.2, 0) is 4.74 Å². The molecular formula is C16H32N4O2. The summed E-state index contributed by atoms with van der Waals surface area (Å²) in [6, 6.07) is 0.706. The van der Waals surface area contributed by atoms with Crippen LogP contribution >= 0.6 is 0 Å². The van der Waals surface area contributed by atoms with Crippen molar-refractivity contribution in [3.05, 3.63) is 0 Å². The number of ether oxygens (including phenoxy) is 1. The van der Waals surface area contributed by atoms with E-state index in [4.69, 9.17) is 4.74 Å². The Morgan fingerprint density at radius 1 is 1.41 bits per heavy atom. The Kier molecular flexibility index (Phi) is 6.97. The molecule has 1 amide bonds. The lowest BCUT2D eigenvalue weighted by Gasteiger charge is -2.27. The first-order valence-corrected chi connectivity index (χ1v) is 8.23. The van der Waals surface area contributed by atoms with E-state index in [0.29, 0.717) is 25.2 Å². The van der Waals surface area contributed by atoms with E-state index in [2.05, 4.69) is 29.5 Å². The Bertz CT molecular complexity index is 386. The highest BCUT2D eigenvalue weighted by atomic mass is 16.6. The van der Waals surface area contributed by atoms with Crippen LogP contribution < -0.4 is 10.6 Å². The Hall–Kier alpha value is -1.46. The third-order valence-corrected chi connectivity index (χ3v) is 3.48. The van der Waals surface area contributed by atoms with Gasteiger partial charge in [-0.05, 0) is 47.0 Å². The molecule has 1 aliphatic carbocycles. The largest absolute Gasteiger partial charge is 0.444 e. The van der Waals surface area contributed by atoms with E-state index in [1.54, 1.807) is 7.05 Å². The summed E-state index contributed by atoms with van der Waals surface area (Å²) in [6.45, 7) is 11.2. The lowest BCUT2D eigenvalue weighted by molar-refractivity contribution is 0.0238. The zero-order chi connectivity index (χ0) is 16.8. The molecule has 6 heteroatoms. The van der Waals surface area contributed by atoms with Crippen molar-refractivity contribution in [1.82, 2.24) is 15.5 Å². The zero-order valence-corrected chi connectivity index (χ0v) is 14.9. The number of carbonyl (C=O) groups excluding carboxylic acids is 1. The van der Waals surface area contributed by atoms with Crippen LogP contribution in [0, 0.1) is 0 Å². The monoisotopic (exact) mass is 312 g/mol. The minimum atomic E-state index is -0.453. The highest BCUT2D eigenvalue weighted by molar-refractivity contribution is 5.80. The van der Waals surface area contributed by atoms with Gasteiger partial charge in [-0.1, -0.05) is 6.92 Å². The quantitative estimate of drug-likeness (QED) is 0.583. The minimum Gasteiger partial charge on any atom is -0.444 e. The second kappa shape index (κ2) is 8.25. The predicted octanol–water partition coefficient (Wildman–Crippen LogP) is 2.35. The Morgan fingerprint density at radius 3 is 2.50 bits per heavy atom. The van der Waals surface area contributed by atoms with Gasteiger partial charge < -0.3 is 20.3 Å². The van der Waals surface area contributed by atoms with Crippen molar-refractivity contribution in [1.29, 1.82) is 0 Å². The van der Waals surface area contributed by atoms with Gasteiger partial charge >= 0.3 is 6.09 Å². The summed E-state index contributed by atoms with van der Waals surface area (Å²) in [5.74, 6) is 0.772. The topological polar surface area (TPSA) is 66.0 Å².